The van der Waals surface area contributed by atoms with Gasteiger partial charge in [0.15, 0.2) is 0 Å². The summed E-state index contributed by atoms with van der Waals surface area (Å²) in [5.74, 6) is -3.00. The monoisotopic (exact) mass is 418 g/mol. The first-order valence-corrected chi connectivity index (χ1v) is 8.86. The molecule has 3 rings (SSSR count). The predicted octanol–water partition coefficient (Wildman–Crippen LogP) is -0.903. The number of para-hydroxylation sites is 1. The number of amides is 2. The van der Waals surface area contributed by atoms with Crippen LogP contribution in [0, 0.1) is 5.92 Å². The molecule has 0 spiro atoms. The summed E-state index contributed by atoms with van der Waals surface area (Å²) in [7, 11) is 0. The van der Waals surface area contributed by atoms with Crippen molar-refractivity contribution in [1.82, 2.24) is 0 Å². The summed E-state index contributed by atoms with van der Waals surface area (Å²) in [5, 5.41) is 22.1. The second-order valence-corrected chi connectivity index (χ2v) is 6.93. The summed E-state index contributed by atoms with van der Waals surface area (Å²) in [6.07, 6.45) is 0.205. The van der Waals surface area contributed by atoms with Crippen LogP contribution in [0.5, 0.6) is 0 Å². The van der Waals surface area contributed by atoms with Gasteiger partial charge in [0, 0.05) is 5.56 Å². The Morgan fingerprint density at radius 3 is 2.07 bits per heavy atom. The fourth-order valence-corrected chi connectivity index (χ4v) is 3.12. The van der Waals surface area contributed by atoms with Crippen molar-refractivity contribution in [1.29, 1.82) is 0 Å². The molecule has 1 N–H and O–H groups in total. The second-order valence-electron chi connectivity index (χ2n) is 6.93. The molecule has 8 heteroatoms. The average molecular weight is 418 g/mol. The van der Waals surface area contributed by atoms with Gasteiger partial charge in [-0.15, -0.1) is 0 Å². The van der Waals surface area contributed by atoms with Gasteiger partial charge in [0.1, 0.15) is 6.04 Å². The van der Waals surface area contributed by atoms with Crippen LogP contribution in [0.2, 0.25) is 0 Å². The Balaban J connectivity index is 0.00000300. The Bertz CT molecular complexity index is 952. The number of carbonyl (C=O) groups excluding carboxylic acids is 2. The molecule has 1 aliphatic rings. The van der Waals surface area contributed by atoms with Gasteiger partial charge in [0.25, 0.3) is 11.8 Å². The zero-order chi connectivity index (χ0) is 20.4. The van der Waals surface area contributed by atoms with Gasteiger partial charge in [0.2, 0.25) is 0 Å². The summed E-state index contributed by atoms with van der Waals surface area (Å²) in [6, 6.07) is 11.3. The number of nitrogens with zero attached hydrogens (tertiary/aromatic N) is 2. The maximum Gasteiger partial charge on any atom is 1.00 e. The van der Waals surface area contributed by atoms with E-state index in [2.05, 4.69) is 4.99 Å². The minimum absolute atomic E-state index is 0. The maximum absolute atomic E-state index is 12.7. The number of carboxylic acid groups (broad SMARTS) is 1. The van der Waals surface area contributed by atoms with Crippen molar-refractivity contribution in [3.05, 3.63) is 65.2 Å². The van der Waals surface area contributed by atoms with E-state index < -0.39 is 29.7 Å². The summed E-state index contributed by atoms with van der Waals surface area (Å²) in [6.45, 7) is 3.67. The van der Waals surface area contributed by atoms with Crippen molar-refractivity contribution in [2.75, 3.05) is 4.90 Å². The molecule has 0 saturated carbocycles. The van der Waals surface area contributed by atoms with E-state index in [1.165, 1.54) is 12.1 Å². The maximum atomic E-state index is 12.7. The molecular formula is C21H19KN2O5. The fraction of sp³-hybridized carbons (Fsp3) is 0.238. The molecule has 2 aromatic rings. The van der Waals surface area contributed by atoms with Crippen molar-refractivity contribution >= 4 is 29.4 Å². The van der Waals surface area contributed by atoms with Gasteiger partial charge in [0.05, 0.1) is 16.8 Å². The van der Waals surface area contributed by atoms with E-state index in [0.717, 1.165) is 4.90 Å². The van der Waals surface area contributed by atoms with Gasteiger partial charge in [-0.2, -0.15) is 0 Å². The van der Waals surface area contributed by atoms with Gasteiger partial charge < -0.3 is 10.2 Å². The number of rotatable bonds is 6. The van der Waals surface area contributed by atoms with Crippen molar-refractivity contribution in [2.24, 2.45) is 10.9 Å². The largest absolute Gasteiger partial charge is 1.00 e. The van der Waals surface area contributed by atoms with Crippen LogP contribution in [0.25, 0.3) is 0 Å². The third-order valence-electron chi connectivity index (χ3n) is 4.42. The minimum Gasteiger partial charge on any atom is -0.858 e. The van der Waals surface area contributed by atoms with Gasteiger partial charge in [-0.05, 0) is 36.4 Å². The quantitative estimate of drug-likeness (QED) is 0.283. The van der Waals surface area contributed by atoms with Crippen LogP contribution in [-0.2, 0) is 4.79 Å². The Kier molecular flexibility index (Phi) is 7.90. The SMILES string of the molecule is CC(C)CC(N=C([O-])c1ccccc1N1C(=O)c2ccccc2C1=O)C(=O)O.[K+]. The first kappa shape index (κ1) is 23.4. The average Bonchev–Trinajstić information content (AvgIpc) is 2.91. The zero-order valence-corrected chi connectivity index (χ0v) is 19.6. The number of hydrogen-bond donors (Lipinski definition) is 1. The smallest absolute Gasteiger partial charge is 0.858 e. The third kappa shape index (κ3) is 4.84. The molecule has 0 radical (unpaired) electrons. The molecule has 2 amide bonds. The molecule has 0 bridgehead atoms. The van der Waals surface area contributed by atoms with E-state index in [9.17, 15) is 24.6 Å². The van der Waals surface area contributed by atoms with Crippen LogP contribution in [0.4, 0.5) is 5.69 Å². The molecule has 0 aliphatic carbocycles. The minimum atomic E-state index is -1.19. The number of imide groups is 1. The number of anilines is 1. The van der Waals surface area contributed by atoms with Crippen LogP contribution in [0.3, 0.4) is 0 Å². The van der Waals surface area contributed by atoms with Gasteiger partial charge in [-0.1, -0.05) is 44.2 Å². The van der Waals surface area contributed by atoms with Crippen LogP contribution < -0.4 is 61.4 Å². The van der Waals surface area contributed by atoms with E-state index in [-0.39, 0.29) is 86.1 Å². The van der Waals surface area contributed by atoms with Crippen LogP contribution in [-0.4, -0.2) is 34.8 Å². The van der Waals surface area contributed by atoms with Crippen molar-refractivity contribution in [2.45, 2.75) is 26.3 Å². The molecule has 1 aliphatic heterocycles. The fourth-order valence-electron chi connectivity index (χ4n) is 3.12. The standard InChI is InChI=1S/C21H20N2O5.K/c1-12(2)11-16(21(27)28)22-18(24)15-9-5-6-10-17(15)23-19(25)13-7-3-4-8-14(13)20(23)26;/h3-10,12,16H,11H2,1-2H3,(H,22,24)(H,27,28);/q;+1/p-1. The van der Waals surface area contributed by atoms with Crippen molar-refractivity contribution in [3.63, 3.8) is 0 Å². The molecule has 29 heavy (non-hydrogen) atoms. The van der Waals surface area contributed by atoms with Gasteiger partial charge in [-0.3, -0.25) is 14.6 Å². The summed E-state index contributed by atoms with van der Waals surface area (Å²) in [5.41, 5.74) is 0.618. The number of aliphatic carboxylic acids is 1. The number of benzene rings is 2. The number of fused-ring (bicyclic) bond motifs is 1. The summed E-state index contributed by atoms with van der Waals surface area (Å²) in [4.78, 5) is 41.7. The van der Waals surface area contributed by atoms with E-state index in [1.807, 2.05) is 13.8 Å². The molecule has 1 atom stereocenters. The number of hydrogen-bond acceptors (Lipinski definition) is 5. The molecule has 0 aromatic heterocycles. The van der Waals surface area contributed by atoms with Crippen LogP contribution >= 0.6 is 0 Å². The molecule has 1 unspecified atom stereocenters. The summed E-state index contributed by atoms with van der Waals surface area (Å²) < 4.78 is 0. The third-order valence-corrected chi connectivity index (χ3v) is 4.42. The normalized spacial score (nSPS) is 14.6. The Morgan fingerprint density at radius 2 is 1.55 bits per heavy atom. The van der Waals surface area contributed by atoms with E-state index in [4.69, 9.17) is 0 Å². The molecule has 144 valence electrons. The van der Waals surface area contributed by atoms with Crippen molar-refractivity contribution in [3.8, 4) is 0 Å². The number of aliphatic imine (C=N–C) groups is 1. The molecule has 0 fully saturated rings. The van der Waals surface area contributed by atoms with Crippen molar-refractivity contribution < 1.29 is 76.0 Å². The predicted molar refractivity (Wildman–Crippen MR) is 101 cm³/mol. The Labute approximate surface area is 210 Å². The van der Waals surface area contributed by atoms with Gasteiger partial charge in [-0.25, -0.2) is 9.69 Å². The molecule has 1 heterocycles. The Morgan fingerprint density at radius 1 is 1.03 bits per heavy atom. The molecule has 7 nitrogen and oxygen atoms in total. The summed E-state index contributed by atoms with van der Waals surface area (Å²) >= 11 is 0. The first-order valence-electron chi connectivity index (χ1n) is 8.86. The number of carbonyl (C=O) groups is 3. The van der Waals surface area contributed by atoms with Crippen LogP contribution in [0.1, 0.15) is 46.5 Å². The van der Waals surface area contributed by atoms with E-state index >= 15 is 0 Å². The first-order chi connectivity index (χ1) is 13.3. The topological polar surface area (TPSA) is 110 Å². The molecule has 2 aromatic carbocycles. The van der Waals surface area contributed by atoms with Gasteiger partial charge >= 0.3 is 57.4 Å². The second kappa shape index (κ2) is 9.77. The number of carboxylic acids is 1. The Hall–Kier alpha value is -1.84. The molecule has 0 saturated heterocycles. The zero-order valence-electron chi connectivity index (χ0n) is 16.5. The molecular weight excluding hydrogens is 399 g/mol. The van der Waals surface area contributed by atoms with Crippen LogP contribution in [0.15, 0.2) is 53.5 Å². The van der Waals surface area contributed by atoms with E-state index in [1.54, 1.807) is 36.4 Å². The van der Waals surface area contributed by atoms with E-state index in [0.29, 0.717) is 0 Å².